The first kappa shape index (κ1) is 15.0. The molecule has 0 spiro atoms. The number of carbonyl (C=O) groups excluding carboxylic acids is 1. The normalized spacial score (nSPS) is 10.6. The van der Waals surface area contributed by atoms with Crippen LogP contribution in [0.2, 0.25) is 0 Å². The number of aromatic nitrogens is 3. The molecule has 0 unspecified atom stereocenters. The van der Waals surface area contributed by atoms with Gasteiger partial charge in [0.15, 0.2) is 0 Å². The summed E-state index contributed by atoms with van der Waals surface area (Å²) in [4.78, 5) is 35.6. The van der Waals surface area contributed by atoms with Crippen molar-refractivity contribution in [1.29, 1.82) is 0 Å². The third-order valence-corrected chi connectivity index (χ3v) is 3.13. The number of aliphatic hydroxyl groups excluding tert-OH is 1. The fourth-order valence-electron chi connectivity index (χ4n) is 2.22. The first-order valence-electron chi connectivity index (χ1n) is 6.62. The maximum Gasteiger partial charge on any atom is 0.261 e. The molecule has 21 heavy (non-hydrogen) atoms. The minimum atomic E-state index is -0.417. The molecule has 2 heterocycles. The lowest BCUT2D eigenvalue weighted by atomic mass is 10.1. The van der Waals surface area contributed by atoms with Gasteiger partial charge in [0.2, 0.25) is 0 Å². The predicted octanol–water partition coefficient (Wildman–Crippen LogP) is 0.350. The maximum atomic E-state index is 12.6. The lowest BCUT2D eigenvalue weighted by molar-refractivity contribution is 0.0701. The van der Waals surface area contributed by atoms with Crippen LogP contribution in [0.15, 0.2) is 23.3 Å². The number of nitrogens with zero attached hydrogens (tertiary/aromatic N) is 2. The van der Waals surface area contributed by atoms with Gasteiger partial charge >= 0.3 is 0 Å². The molecule has 0 saturated heterocycles. The third-order valence-electron chi connectivity index (χ3n) is 3.13. The van der Waals surface area contributed by atoms with Crippen molar-refractivity contribution in [3.05, 3.63) is 51.5 Å². The summed E-state index contributed by atoms with van der Waals surface area (Å²) < 4.78 is 0. The van der Waals surface area contributed by atoms with Crippen LogP contribution >= 0.6 is 0 Å². The van der Waals surface area contributed by atoms with Gasteiger partial charge in [0.05, 0.1) is 13.2 Å². The first-order valence-corrected chi connectivity index (χ1v) is 6.62. The number of H-pyrrole nitrogens is 2. The Morgan fingerprint density at radius 2 is 2.19 bits per heavy atom. The van der Waals surface area contributed by atoms with Gasteiger partial charge in [-0.2, -0.15) is 0 Å². The largest absolute Gasteiger partial charge is 0.395 e. The second kappa shape index (κ2) is 6.36. The van der Waals surface area contributed by atoms with E-state index < -0.39 is 11.5 Å². The highest BCUT2D eigenvalue weighted by Gasteiger charge is 2.21. The quantitative estimate of drug-likeness (QED) is 0.739. The molecule has 2 rings (SSSR count). The average Bonchev–Trinajstić information content (AvgIpc) is 2.89. The zero-order chi connectivity index (χ0) is 15.4. The van der Waals surface area contributed by atoms with Gasteiger partial charge in [-0.3, -0.25) is 9.59 Å². The Bertz CT molecular complexity index is 676. The number of aliphatic hydroxyl groups is 1. The fraction of sp³-hybridized carbons (Fsp3) is 0.357. The molecule has 112 valence electrons. The molecule has 3 N–H and O–H groups in total. The van der Waals surface area contributed by atoms with Gasteiger partial charge in [0.25, 0.3) is 11.5 Å². The second-order valence-corrected chi connectivity index (χ2v) is 4.83. The van der Waals surface area contributed by atoms with Gasteiger partial charge in [0, 0.05) is 24.6 Å². The van der Waals surface area contributed by atoms with Gasteiger partial charge in [-0.25, -0.2) is 4.98 Å². The minimum Gasteiger partial charge on any atom is -0.395 e. The number of carbonyl (C=O) groups is 1. The van der Waals surface area contributed by atoms with E-state index in [0.29, 0.717) is 17.1 Å². The van der Waals surface area contributed by atoms with E-state index in [1.54, 1.807) is 32.3 Å². The standard InChI is InChI=1S/C14H18N4O3/c1-9-7-10(2)17-13(20)12(9)14(21)18(5-6-19)8-11-15-3-4-16-11/h3-4,7,19H,5-6,8H2,1-2H3,(H,15,16)(H,17,20). The van der Waals surface area contributed by atoms with E-state index in [1.807, 2.05) is 0 Å². The summed E-state index contributed by atoms with van der Waals surface area (Å²) in [6, 6.07) is 1.75. The van der Waals surface area contributed by atoms with E-state index in [9.17, 15) is 9.59 Å². The van der Waals surface area contributed by atoms with Crippen molar-refractivity contribution in [1.82, 2.24) is 19.9 Å². The Morgan fingerprint density at radius 3 is 2.76 bits per heavy atom. The Labute approximate surface area is 121 Å². The zero-order valence-corrected chi connectivity index (χ0v) is 12.0. The Balaban J connectivity index is 2.32. The van der Waals surface area contributed by atoms with Gasteiger partial charge in [0.1, 0.15) is 11.4 Å². The number of aryl methyl sites for hydroxylation is 2. The number of hydrogen-bond acceptors (Lipinski definition) is 4. The number of nitrogens with one attached hydrogen (secondary N) is 2. The van der Waals surface area contributed by atoms with Gasteiger partial charge < -0.3 is 20.0 Å². The molecule has 0 aliphatic heterocycles. The van der Waals surface area contributed by atoms with Crippen molar-refractivity contribution in [2.75, 3.05) is 13.2 Å². The Hall–Kier alpha value is -2.41. The van der Waals surface area contributed by atoms with E-state index in [0.717, 1.165) is 0 Å². The summed E-state index contributed by atoms with van der Waals surface area (Å²) in [5, 5.41) is 9.13. The average molecular weight is 290 g/mol. The first-order chi connectivity index (χ1) is 10.0. The molecular weight excluding hydrogens is 272 g/mol. The van der Waals surface area contributed by atoms with E-state index >= 15 is 0 Å². The molecule has 7 heteroatoms. The van der Waals surface area contributed by atoms with Gasteiger partial charge in [-0.05, 0) is 25.5 Å². The summed E-state index contributed by atoms with van der Waals surface area (Å²) in [7, 11) is 0. The number of rotatable bonds is 5. The zero-order valence-electron chi connectivity index (χ0n) is 12.0. The topological polar surface area (TPSA) is 102 Å². The molecule has 0 aromatic carbocycles. The molecule has 0 aliphatic carbocycles. The number of hydrogen-bond donors (Lipinski definition) is 3. The number of pyridine rings is 1. The monoisotopic (exact) mass is 290 g/mol. The molecule has 2 aromatic heterocycles. The van der Waals surface area contributed by atoms with E-state index in [2.05, 4.69) is 15.0 Å². The highest BCUT2D eigenvalue weighted by Crippen LogP contribution is 2.09. The molecule has 0 saturated carbocycles. The molecule has 2 aromatic rings. The summed E-state index contributed by atoms with van der Waals surface area (Å²) >= 11 is 0. The SMILES string of the molecule is Cc1cc(C)c(C(=O)N(CCO)Cc2ncc[nH]2)c(=O)[nH]1. The molecule has 0 aliphatic rings. The lowest BCUT2D eigenvalue weighted by Gasteiger charge is -2.21. The van der Waals surface area contributed by atoms with Crippen LogP contribution in [0, 0.1) is 13.8 Å². The molecule has 0 radical (unpaired) electrons. The fourth-order valence-corrected chi connectivity index (χ4v) is 2.22. The highest BCUT2D eigenvalue weighted by molar-refractivity contribution is 5.95. The van der Waals surface area contributed by atoms with Crippen molar-refractivity contribution < 1.29 is 9.90 Å². The van der Waals surface area contributed by atoms with Crippen LogP contribution in [0.1, 0.15) is 27.4 Å². The van der Waals surface area contributed by atoms with Crippen LogP contribution in [0.4, 0.5) is 0 Å². The Kier molecular flexibility index (Phi) is 4.54. The summed E-state index contributed by atoms with van der Waals surface area (Å²) in [5.41, 5.74) is 0.998. The highest BCUT2D eigenvalue weighted by atomic mass is 16.3. The molecule has 0 atom stereocenters. The molecule has 0 fully saturated rings. The summed E-state index contributed by atoms with van der Waals surface area (Å²) in [6.45, 7) is 3.64. The van der Waals surface area contributed by atoms with Crippen LogP contribution in [0.3, 0.4) is 0 Å². The maximum absolute atomic E-state index is 12.6. The van der Waals surface area contributed by atoms with Crippen LogP contribution in [-0.4, -0.2) is 44.0 Å². The summed E-state index contributed by atoms with van der Waals surface area (Å²) in [5.74, 6) is 0.178. The number of amides is 1. The number of aromatic amines is 2. The van der Waals surface area contributed by atoms with Crippen molar-refractivity contribution in [3.8, 4) is 0 Å². The number of imidazole rings is 1. The van der Waals surface area contributed by atoms with Crippen molar-refractivity contribution >= 4 is 5.91 Å². The third kappa shape index (κ3) is 3.38. The minimum absolute atomic E-state index is 0.0978. The summed E-state index contributed by atoms with van der Waals surface area (Å²) in [6.07, 6.45) is 3.24. The van der Waals surface area contributed by atoms with Crippen molar-refractivity contribution in [2.24, 2.45) is 0 Å². The predicted molar refractivity (Wildman–Crippen MR) is 77.0 cm³/mol. The molecule has 1 amide bonds. The molecule has 7 nitrogen and oxygen atoms in total. The van der Waals surface area contributed by atoms with Gasteiger partial charge in [-0.1, -0.05) is 0 Å². The van der Waals surface area contributed by atoms with Crippen molar-refractivity contribution in [2.45, 2.75) is 20.4 Å². The van der Waals surface area contributed by atoms with Crippen LogP contribution in [0.25, 0.3) is 0 Å². The van der Waals surface area contributed by atoms with E-state index in [4.69, 9.17) is 5.11 Å². The lowest BCUT2D eigenvalue weighted by Crippen LogP contribution is -2.37. The second-order valence-electron chi connectivity index (χ2n) is 4.83. The van der Waals surface area contributed by atoms with Crippen LogP contribution < -0.4 is 5.56 Å². The van der Waals surface area contributed by atoms with Crippen LogP contribution in [-0.2, 0) is 6.54 Å². The molecule has 0 bridgehead atoms. The Morgan fingerprint density at radius 1 is 1.43 bits per heavy atom. The van der Waals surface area contributed by atoms with E-state index in [1.165, 1.54) is 4.90 Å². The van der Waals surface area contributed by atoms with Gasteiger partial charge in [-0.15, -0.1) is 0 Å². The van der Waals surface area contributed by atoms with E-state index in [-0.39, 0.29) is 25.3 Å². The smallest absolute Gasteiger partial charge is 0.261 e. The van der Waals surface area contributed by atoms with Crippen molar-refractivity contribution in [3.63, 3.8) is 0 Å². The molecular formula is C14H18N4O3. The van der Waals surface area contributed by atoms with Crippen LogP contribution in [0.5, 0.6) is 0 Å².